The first-order valence-corrected chi connectivity index (χ1v) is 15.2. The Balaban J connectivity index is 1.35. The van der Waals surface area contributed by atoms with Gasteiger partial charge < -0.3 is 21.7 Å². The van der Waals surface area contributed by atoms with Gasteiger partial charge in [-0.3, -0.25) is 19.2 Å². The number of rotatable bonds is 11. The topological polar surface area (TPSA) is 130 Å². The Kier molecular flexibility index (Phi) is 10.4. The number of thioether (sulfide) groups is 1. The van der Waals surface area contributed by atoms with Gasteiger partial charge in [-0.1, -0.05) is 84.9 Å². The summed E-state index contributed by atoms with van der Waals surface area (Å²) in [6.07, 6.45) is 1.61. The summed E-state index contributed by atoms with van der Waals surface area (Å²) in [4.78, 5) is 52.2. The number of nitrogens with one attached hydrogen (secondary N) is 3. The van der Waals surface area contributed by atoms with Crippen LogP contribution in [0, 0.1) is 0 Å². The first kappa shape index (κ1) is 31.5. The monoisotopic (exact) mass is 626 g/mol. The molecule has 46 heavy (non-hydrogen) atoms. The fourth-order valence-corrected chi connectivity index (χ4v) is 5.55. The molecule has 0 fully saturated rings. The van der Waals surface area contributed by atoms with Crippen molar-refractivity contribution < 1.29 is 19.2 Å². The predicted molar refractivity (Wildman–Crippen MR) is 182 cm³/mol. The molecular weight excluding hydrogens is 596 g/mol. The van der Waals surface area contributed by atoms with Crippen molar-refractivity contribution in [3.8, 4) is 0 Å². The highest BCUT2D eigenvalue weighted by Crippen LogP contribution is 2.37. The highest BCUT2D eigenvalue weighted by molar-refractivity contribution is 8.00. The highest BCUT2D eigenvalue weighted by atomic mass is 32.2. The number of amides is 4. The van der Waals surface area contributed by atoms with Crippen molar-refractivity contribution in [1.82, 2.24) is 5.32 Å². The molecule has 4 amide bonds. The van der Waals surface area contributed by atoms with Crippen LogP contribution in [-0.2, 0) is 9.59 Å². The number of nitrogens with two attached hydrogens (primary N) is 1. The lowest BCUT2D eigenvalue weighted by Crippen LogP contribution is -2.30. The fraction of sp³-hybridized carbons (Fsp3) is 0.0270. The summed E-state index contributed by atoms with van der Waals surface area (Å²) in [5.74, 6) is -1.74. The molecule has 8 nitrogen and oxygen atoms in total. The van der Waals surface area contributed by atoms with Crippen LogP contribution in [0.4, 0.5) is 11.4 Å². The summed E-state index contributed by atoms with van der Waals surface area (Å²) in [5.41, 5.74) is 8.69. The van der Waals surface area contributed by atoms with E-state index in [9.17, 15) is 19.2 Å². The Labute approximate surface area is 270 Å². The van der Waals surface area contributed by atoms with Crippen molar-refractivity contribution >= 4 is 52.8 Å². The molecule has 5 rings (SSSR count). The largest absolute Gasteiger partial charge is 0.366 e. The Bertz CT molecular complexity index is 1860. The van der Waals surface area contributed by atoms with E-state index < -0.39 is 23.0 Å². The molecule has 0 bridgehead atoms. The zero-order valence-electron chi connectivity index (χ0n) is 24.6. The van der Waals surface area contributed by atoms with Gasteiger partial charge in [0.1, 0.15) is 10.9 Å². The molecule has 0 aliphatic carbocycles. The van der Waals surface area contributed by atoms with Gasteiger partial charge in [-0.25, -0.2) is 0 Å². The number of primary amides is 1. The molecule has 0 spiro atoms. The molecule has 228 valence electrons. The van der Waals surface area contributed by atoms with Gasteiger partial charge >= 0.3 is 0 Å². The van der Waals surface area contributed by atoms with Crippen molar-refractivity contribution in [2.24, 2.45) is 5.73 Å². The Morgan fingerprint density at radius 1 is 0.630 bits per heavy atom. The van der Waals surface area contributed by atoms with Crippen LogP contribution in [0.25, 0.3) is 6.08 Å². The van der Waals surface area contributed by atoms with Crippen LogP contribution in [0.15, 0.2) is 150 Å². The lowest BCUT2D eigenvalue weighted by Gasteiger charge is -2.18. The standard InChI is InChI=1S/C37H30N4O4S/c38-34(42)27-19-21-29(22-20-27)39-37(45)33(26-13-6-2-7-14-26)46-31-18-10-17-30(24-31)40-36(44)32(23-25-11-4-1-5-12-25)41-35(43)28-15-8-3-9-16-28/h1-24,33H,(H2,38,42)(H,39,45)(H,40,44)(H,41,43)/b32-23-. The average Bonchev–Trinajstić information content (AvgIpc) is 3.08. The maximum absolute atomic E-state index is 13.5. The first-order valence-electron chi connectivity index (χ1n) is 14.3. The molecule has 0 saturated carbocycles. The van der Waals surface area contributed by atoms with Gasteiger partial charge in [0, 0.05) is 27.4 Å². The second kappa shape index (κ2) is 15.2. The van der Waals surface area contributed by atoms with Crippen molar-refractivity contribution in [3.63, 3.8) is 0 Å². The minimum atomic E-state index is -0.637. The van der Waals surface area contributed by atoms with Crippen LogP contribution in [0.3, 0.4) is 0 Å². The fourth-order valence-electron chi connectivity index (χ4n) is 4.47. The van der Waals surface area contributed by atoms with Crippen molar-refractivity contribution in [3.05, 3.63) is 167 Å². The zero-order valence-corrected chi connectivity index (χ0v) is 25.4. The van der Waals surface area contributed by atoms with Gasteiger partial charge in [0.05, 0.1) is 0 Å². The SMILES string of the molecule is NC(=O)c1ccc(NC(=O)C(Sc2cccc(NC(=O)/C(=C/c3ccccc3)NC(=O)c3ccccc3)c2)c2ccccc2)cc1. The van der Waals surface area contributed by atoms with Crippen LogP contribution < -0.4 is 21.7 Å². The van der Waals surface area contributed by atoms with Crippen LogP contribution in [-0.4, -0.2) is 23.6 Å². The molecular formula is C37H30N4O4S. The third-order valence-corrected chi connectivity index (χ3v) is 8.01. The molecule has 0 aromatic heterocycles. The summed E-state index contributed by atoms with van der Waals surface area (Å²) in [5, 5.41) is 7.90. The summed E-state index contributed by atoms with van der Waals surface area (Å²) in [6.45, 7) is 0. The third kappa shape index (κ3) is 8.58. The summed E-state index contributed by atoms with van der Waals surface area (Å²) >= 11 is 1.32. The lowest BCUT2D eigenvalue weighted by molar-refractivity contribution is -0.116. The van der Waals surface area contributed by atoms with E-state index in [1.807, 2.05) is 72.8 Å². The maximum Gasteiger partial charge on any atom is 0.272 e. The number of hydrogen-bond acceptors (Lipinski definition) is 5. The van der Waals surface area contributed by atoms with E-state index in [-0.39, 0.29) is 11.6 Å². The quantitative estimate of drug-likeness (QED) is 0.0962. The molecule has 5 aromatic rings. The van der Waals surface area contributed by atoms with Crippen molar-refractivity contribution in [2.75, 3.05) is 10.6 Å². The molecule has 5 N–H and O–H groups in total. The van der Waals surface area contributed by atoms with E-state index in [1.165, 1.54) is 11.8 Å². The molecule has 9 heteroatoms. The van der Waals surface area contributed by atoms with Gasteiger partial charge in [-0.05, 0) is 71.8 Å². The number of benzene rings is 5. The molecule has 0 radical (unpaired) electrons. The van der Waals surface area contributed by atoms with E-state index in [2.05, 4.69) is 16.0 Å². The number of anilines is 2. The van der Waals surface area contributed by atoms with Crippen LogP contribution >= 0.6 is 11.8 Å². The minimum Gasteiger partial charge on any atom is -0.366 e. The zero-order chi connectivity index (χ0) is 32.3. The smallest absolute Gasteiger partial charge is 0.272 e. The van der Waals surface area contributed by atoms with E-state index in [0.717, 1.165) is 16.0 Å². The van der Waals surface area contributed by atoms with Crippen molar-refractivity contribution in [2.45, 2.75) is 10.1 Å². The second-order valence-electron chi connectivity index (χ2n) is 10.1. The first-order chi connectivity index (χ1) is 22.4. The predicted octanol–water partition coefficient (Wildman–Crippen LogP) is 6.67. The second-order valence-corrected chi connectivity index (χ2v) is 11.3. The van der Waals surface area contributed by atoms with E-state index in [0.29, 0.717) is 22.5 Å². The van der Waals surface area contributed by atoms with E-state index in [1.54, 1.807) is 72.8 Å². The van der Waals surface area contributed by atoms with Gasteiger partial charge in [-0.15, -0.1) is 11.8 Å². The average molecular weight is 627 g/mol. The Morgan fingerprint density at radius 2 is 1.26 bits per heavy atom. The molecule has 5 aromatic carbocycles. The minimum absolute atomic E-state index is 0.0713. The van der Waals surface area contributed by atoms with Crippen LogP contribution in [0.1, 0.15) is 37.1 Å². The third-order valence-electron chi connectivity index (χ3n) is 6.76. The Hall–Kier alpha value is -5.93. The van der Waals surface area contributed by atoms with Gasteiger partial charge in [0.15, 0.2) is 0 Å². The molecule has 0 heterocycles. The number of carbonyl (C=O) groups is 4. The summed E-state index contributed by atoms with van der Waals surface area (Å²) in [7, 11) is 0. The van der Waals surface area contributed by atoms with Gasteiger partial charge in [0.25, 0.3) is 11.8 Å². The molecule has 0 aliphatic heterocycles. The highest BCUT2D eigenvalue weighted by Gasteiger charge is 2.23. The maximum atomic E-state index is 13.5. The van der Waals surface area contributed by atoms with Gasteiger partial charge in [0.2, 0.25) is 11.8 Å². The summed E-state index contributed by atoms with van der Waals surface area (Å²) in [6, 6.07) is 40.7. The molecule has 0 aliphatic rings. The molecule has 1 unspecified atom stereocenters. The van der Waals surface area contributed by atoms with E-state index in [4.69, 9.17) is 5.73 Å². The molecule has 1 atom stereocenters. The van der Waals surface area contributed by atoms with Crippen molar-refractivity contribution in [1.29, 1.82) is 0 Å². The van der Waals surface area contributed by atoms with Crippen LogP contribution in [0.2, 0.25) is 0 Å². The molecule has 0 saturated heterocycles. The number of carbonyl (C=O) groups excluding carboxylic acids is 4. The Morgan fingerprint density at radius 3 is 1.91 bits per heavy atom. The van der Waals surface area contributed by atoms with Gasteiger partial charge in [-0.2, -0.15) is 0 Å². The number of hydrogen-bond donors (Lipinski definition) is 4. The van der Waals surface area contributed by atoms with Crippen LogP contribution in [0.5, 0.6) is 0 Å². The summed E-state index contributed by atoms with van der Waals surface area (Å²) < 4.78 is 0. The normalized spacial score (nSPS) is 11.6. The lowest BCUT2D eigenvalue weighted by atomic mass is 10.1. The van der Waals surface area contributed by atoms with E-state index >= 15 is 0 Å².